The number of halogens is 3. The summed E-state index contributed by atoms with van der Waals surface area (Å²) in [6.07, 6.45) is -2.90. The zero-order valence-electron chi connectivity index (χ0n) is 11.6. The van der Waals surface area contributed by atoms with E-state index in [4.69, 9.17) is 0 Å². The highest BCUT2D eigenvalue weighted by Gasteiger charge is 2.33. The van der Waals surface area contributed by atoms with Gasteiger partial charge in [0.2, 0.25) is 5.95 Å². The van der Waals surface area contributed by atoms with Gasteiger partial charge in [-0.25, -0.2) is 4.98 Å². The van der Waals surface area contributed by atoms with Gasteiger partial charge in [0.15, 0.2) is 5.69 Å². The van der Waals surface area contributed by atoms with Crippen LogP contribution in [0.1, 0.15) is 18.3 Å². The van der Waals surface area contributed by atoms with Gasteiger partial charge in [0.1, 0.15) is 5.82 Å². The van der Waals surface area contributed by atoms with Gasteiger partial charge >= 0.3 is 6.18 Å². The summed E-state index contributed by atoms with van der Waals surface area (Å²) < 4.78 is 40.0. The second-order valence-electron chi connectivity index (χ2n) is 4.29. The van der Waals surface area contributed by atoms with E-state index in [0.29, 0.717) is 13.1 Å². The fourth-order valence-corrected chi connectivity index (χ4v) is 1.68. The Hall–Kier alpha value is -2.32. The predicted octanol–water partition coefficient (Wildman–Crippen LogP) is 2.27. The Morgan fingerprint density at radius 1 is 1.24 bits per heavy atom. The molecule has 2 aromatic heterocycles. The predicted molar refractivity (Wildman–Crippen MR) is 71.7 cm³/mol. The van der Waals surface area contributed by atoms with Gasteiger partial charge in [0.25, 0.3) is 0 Å². The molecule has 0 aliphatic heterocycles. The molecule has 0 atom stereocenters. The van der Waals surface area contributed by atoms with Crippen molar-refractivity contribution in [2.45, 2.75) is 19.6 Å². The first-order chi connectivity index (χ1) is 9.90. The Kier molecular flexibility index (Phi) is 4.29. The van der Waals surface area contributed by atoms with Crippen molar-refractivity contribution < 1.29 is 13.2 Å². The normalized spacial score (nSPS) is 11.5. The van der Waals surface area contributed by atoms with E-state index in [-0.39, 0.29) is 11.8 Å². The molecule has 21 heavy (non-hydrogen) atoms. The largest absolute Gasteiger partial charge is 0.433 e. The smallest absolute Gasteiger partial charge is 0.364 e. The Labute approximate surface area is 119 Å². The van der Waals surface area contributed by atoms with Crippen LogP contribution in [0, 0.1) is 0 Å². The van der Waals surface area contributed by atoms with Crippen molar-refractivity contribution in [1.29, 1.82) is 0 Å². The Morgan fingerprint density at radius 2 is 2.00 bits per heavy atom. The molecule has 9 heteroatoms. The Bertz CT molecular complexity index is 607. The van der Waals surface area contributed by atoms with Crippen LogP contribution in [-0.4, -0.2) is 26.3 Å². The number of alkyl halides is 3. The van der Waals surface area contributed by atoms with Gasteiger partial charge in [-0.2, -0.15) is 23.3 Å². The van der Waals surface area contributed by atoms with E-state index in [1.807, 2.05) is 0 Å². The number of rotatable bonds is 5. The minimum Gasteiger partial charge on any atom is -0.364 e. The molecule has 0 radical (unpaired) electrons. The molecule has 0 aliphatic rings. The minimum absolute atomic E-state index is 0.0557. The van der Waals surface area contributed by atoms with E-state index in [9.17, 15) is 13.2 Å². The van der Waals surface area contributed by atoms with Crippen LogP contribution < -0.4 is 10.6 Å². The second-order valence-corrected chi connectivity index (χ2v) is 4.29. The van der Waals surface area contributed by atoms with Gasteiger partial charge < -0.3 is 10.6 Å². The number of aromatic nitrogens is 4. The molecular weight excluding hydrogens is 285 g/mol. The third kappa shape index (κ3) is 3.83. The lowest BCUT2D eigenvalue weighted by atomic mass is 10.3. The van der Waals surface area contributed by atoms with Crippen molar-refractivity contribution in [1.82, 2.24) is 19.7 Å². The van der Waals surface area contributed by atoms with Crippen molar-refractivity contribution in [2.75, 3.05) is 17.2 Å². The van der Waals surface area contributed by atoms with Crippen molar-refractivity contribution >= 4 is 11.8 Å². The van der Waals surface area contributed by atoms with Crippen molar-refractivity contribution in [3.05, 3.63) is 29.7 Å². The van der Waals surface area contributed by atoms with Crippen LogP contribution in [0.25, 0.3) is 0 Å². The molecule has 2 aromatic rings. The second kappa shape index (κ2) is 5.98. The first kappa shape index (κ1) is 15.1. The lowest BCUT2D eigenvalue weighted by Crippen LogP contribution is -2.14. The maximum absolute atomic E-state index is 12.8. The molecule has 0 fully saturated rings. The van der Waals surface area contributed by atoms with Crippen LogP contribution in [0.5, 0.6) is 0 Å². The van der Waals surface area contributed by atoms with Crippen LogP contribution in [0.2, 0.25) is 0 Å². The fourth-order valence-electron chi connectivity index (χ4n) is 1.68. The summed E-state index contributed by atoms with van der Waals surface area (Å²) in [5.74, 6) is 0.0503. The van der Waals surface area contributed by atoms with Gasteiger partial charge in [-0.05, 0) is 13.0 Å². The van der Waals surface area contributed by atoms with E-state index in [1.54, 1.807) is 30.9 Å². The third-order valence-corrected chi connectivity index (χ3v) is 2.72. The average molecular weight is 300 g/mol. The summed E-state index contributed by atoms with van der Waals surface area (Å²) in [4.78, 5) is 7.45. The molecule has 6 nitrogen and oxygen atoms in total. The number of hydrogen-bond acceptors (Lipinski definition) is 5. The Balaban J connectivity index is 2.21. The molecule has 2 N–H and O–H groups in total. The standard InChI is InChI=1S/C12H15F3N6/c1-3-16-11-19-9(12(13,14)15)6-10(20-11)17-7-8-4-5-18-21(8)2/h4-6H,3,7H2,1-2H3,(H2,16,17,19,20). The molecule has 0 unspecified atom stereocenters. The zero-order valence-corrected chi connectivity index (χ0v) is 11.6. The third-order valence-electron chi connectivity index (χ3n) is 2.72. The lowest BCUT2D eigenvalue weighted by Gasteiger charge is -2.12. The first-order valence-corrected chi connectivity index (χ1v) is 6.31. The van der Waals surface area contributed by atoms with E-state index in [0.717, 1.165) is 11.8 Å². The molecule has 0 saturated carbocycles. The fraction of sp³-hybridized carbons (Fsp3) is 0.417. The van der Waals surface area contributed by atoms with E-state index in [2.05, 4.69) is 25.7 Å². The minimum atomic E-state index is -4.52. The maximum atomic E-state index is 12.8. The topological polar surface area (TPSA) is 67.7 Å². The van der Waals surface area contributed by atoms with Gasteiger partial charge in [0, 0.05) is 25.9 Å². The van der Waals surface area contributed by atoms with E-state index < -0.39 is 11.9 Å². The average Bonchev–Trinajstić information content (AvgIpc) is 2.81. The Morgan fingerprint density at radius 3 is 2.57 bits per heavy atom. The van der Waals surface area contributed by atoms with E-state index >= 15 is 0 Å². The molecule has 2 heterocycles. The molecule has 0 spiro atoms. The zero-order chi connectivity index (χ0) is 15.5. The highest BCUT2D eigenvalue weighted by Crippen LogP contribution is 2.29. The number of nitrogens with one attached hydrogen (secondary N) is 2. The van der Waals surface area contributed by atoms with Crippen LogP contribution in [0.4, 0.5) is 24.9 Å². The summed E-state index contributed by atoms with van der Waals surface area (Å²) in [5, 5.41) is 9.52. The highest BCUT2D eigenvalue weighted by atomic mass is 19.4. The molecule has 0 amide bonds. The lowest BCUT2D eigenvalue weighted by molar-refractivity contribution is -0.141. The summed E-state index contributed by atoms with van der Waals surface area (Å²) in [5.41, 5.74) is -0.159. The first-order valence-electron chi connectivity index (χ1n) is 6.31. The van der Waals surface area contributed by atoms with E-state index in [1.165, 1.54) is 0 Å². The van der Waals surface area contributed by atoms with Crippen molar-refractivity contribution in [3.63, 3.8) is 0 Å². The monoisotopic (exact) mass is 300 g/mol. The number of anilines is 2. The molecule has 0 aliphatic carbocycles. The molecule has 0 saturated heterocycles. The van der Waals surface area contributed by atoms with Gasteiger partial charge in [-0.15, -0.1) is 0 Å². The number of aryl methyl sites for hydroxylation is 1. The number of nitrogens with zero attached hydrogens (tertiary/aromatic N) is 4. The van der Waals surface area contributed by atoms with Gasteiger partial charge in [-0.1, -0.05) is 0 Å². The summed E-state index contributed by atoms with van der Waals surface area (Å²) in [6, 6.07) is 2.65. The van der Waals surface area contributed by atoms with Crippen LogP contribution in [0.15, 0.2) is 18.3 Å². The summed E-state index contributed by atoms with van der Waals surface area (Å²) >= 11 is 0. The quantitative estimate of drug-likeness (QED) is 0.886. The molecule has 2 rings (SSSR count). The summed E-state index contributed by atoms with van der Waals surface area (Å²) in [7, 11) is 1.75. The van der Waals surface area contributed by atoms with Gasteiger partial charge in [-0.3, -0.25) is 4.68 Å². The van der Waals surface area contributed by atoms with Crippen LogP contribution >= 0.6 is 0 Å². The molecular formula is C12H15F3N6. The SMILES string of the molecule is CCNc1nc(NCc2ccnn2C)cc(C(F)(F)F)n1. The number of hydrogen-bond donors (Lipinski definition) is 2. The van der Waals surface area contributed by atoms with Gasteiger partial charge in [0.05, 0.1) is 12.2 Å². The van der Waals surface area contributed by atoms with Crippen LogP contribution in [-0.2, 0) is 19.8 Å². The maximum Gasteiger partial charge on any atom is 0.433 e. The molecule has 114 valence electrons. The van der Waals surface area contributed by atoms with Crippen LogP contribution in [0.3, 0.4) is 0 Å². The summed E-state index contributed by atoms with van der Waals surface area (Å²) in [6.45, 7) is 2.51. The van der Waals surface area contributed by atoms with Crippen molar-refractivity contribution in [2.24, 2.45) is 7.05 Å². The van der Waals surface area contributed by atoms with Crippen molar-refractivity contribution in [3.8, 4) is 0 Å². The molecule has 0 aromatic carbocycles. The molecule has 0 bridgehead atoms. The highest BCUT2D eigenvalue weighted by molar-refractivity contribution is 5.43.